The van der Waals surface area contributed by atoms with Gasteiger partial charge in [0.15, 0.2) is 0 Å². The Morgan fingerprint density at radius 2 is 1.21 bits per heavy atom. The Balaban J connectivity index is 2.23. The number of rotatable bonds is 24. The molecule has 0 aliphatic heterocycles. The highest BCUT2D eigenvalue weighted by molar-refractivity contribution is 5.85. The molecule has 1 unspecified atom stereocenters. The maximum absolute atomic E-state index is 12.3. The lowest BCUT2D eigenvalue weighted by Gasteiger charge is -2.19. The van der Waals surface area contributed by atoms with Crippen LogP contribution in [0.1, 0.15) is 122 Å². The molecule has 1 atom stereocenters. The Kier molecular flexibility index (Phi) is 18.8. The van der Waals surface area contributed by atoms with Crippen LogP contribution in [0.25, 0.3) is 0 Å². The summed E-state index contributed by atoms with van der Waals surface area (Å²) in [5, 5.41) is 17.8. The van der Waals surface area contributed by atoms with Crippen LogP contribution in [0.2, 0.25) is 0 Å². The average molecular weight is 534 g/mol. The molecule has 1 aromatic carbocycles. The number of ether oxygens (including phenoxy) is 1. The third-order valence-electron chi connectivity index (χ3n) is 6.94. The second-order valence-electron chi connectivity index (χ2n) is 10.4. The first-order valence-electron chi connectivity index (χ1n) is 14.8. The third kappa shape index (κ3) is 17.0. The first-order valence-corrected chi connectivity index (χ1v) is 14.8. The second kappa shape index (κ2) is 21.4. The van der Waals surface area contributed by atoms with Crippen molar-refractivity contribution >= 4 is 17.8 Å². The number of aliphatic carboxylic acids is 2. The predicted molar refractivity (Wildman–Crippen MR) is 152 cm³/mol. The van der Waals surface area contributed by atoms with Gasteiger partial charge in [0.05, 0.1) is 6.10 Å². The molecule has 7 heteroatoms. The first kappa shape index (κ1) is 33.5. The molecule has 7 nitrogen and oxygen atoms in total. The number of carbonyl (C=O) groups excluding carboxylic acids is 1. The van der Waals surface area contributed by atoms with Crippen molar-refractivity contribution in [3.8, 4) is 5.75 Å². The largest absolute Gasteiger partial charge is 0.490 e. The number of amides is 1. The quantitative estimate of drug-likeness (QED) is 0.136. The Morgan fingerprint density at radius 1 is 0.737 bits per heavy atom. The van der Waals surface area contributed by atoms with E-state index in [-0.39, 0.29) is 12.5 Å². The number of benzene rings is 1. The summed E-state index contributed by atoms with van der Waals surface area (Å²) in [6.07, 6.45) is 20.2. The van der Waals surface area contributed by atoms with Gasteiger partial charge >= 0.3 is 11.9 Å². The number of carboxylic acids is 2. The van der Waals surface area contributed by atoms with E-state index in [2.05, 4.69) is 13.8 Å². The monoisotopic (exact) mass is 533 g/mol. The molecule has 0 aliphatic rings. The Morgan fingerprint density at radius 3 is 1.66 bits per heavy atom. The molecule has 0 fully saturated rings. The van der Waals surface area contributed by atoms with Gasteiger partial charge in [-0.25, -0.2) is 0 Å². The molecule has 216 valence electrons. The number of carboxylic acid groups (broad SMARTS) is 2. The summed E-state index contributed by atoms with van der Waals surface area (Å²) in [7, 11) is 0. The number of carbonyl (C=O) groups is 3. The minimum absolute atomic E-state index is 0.0530. The van der Waals surface area contributed by atoms with E-state index in [0.717, 1.165) is 29.1 Å². The van der Waals surface area contributed by atoms with E-state index in [9.17, 15) is 14.4 Å². The number of nitrogens with zero attached hydrogens (tertiary/aromatic N) is 1. The van der Waals surface area contributed by atoms with Crippen LogP contribution in [0.3, 0.4) is 0 Å². The molecule has 0 spiro atoms. The normalized spacial score (nSPS) is 11.7. The van der Waals surface area contributed by atoms with Gasteiger partial charge in [-0.05, 0) is 43.4 Å². The zero-order valence-corrected chi connectivity index (χ0v) is 23.8. The maximum atomic E-state index is 12.3. The predicted octanol–water partition coefficient (Wildman–Crippen LogP) is 7.26. The molecule has 38 heavy (non-hydrogen) atoms. The zero-order chi connectivity index (χ0) is 28.0. The van der Waals surface area contributed by atoms with Gasteiger partial charge < -0.3 is 19.8 Å². The first-order chi connectivity index (χ1) is 18.3. The van der Waals surface area contributed by atoms with Crippen LogP contribution in [-0.2, 0) is 20.8 Å². The van der Waals surface area contributed by atoms with Crippen LogP contribution in [0, 0.1) is 0 Å². The lowest BCUT2D eigenvalue weighted by atomic mass is 10.0. The van der Waals surface area contributed by atoms with Gasteiger partial charge in [-0.15, -0.1) is 0 Å². The summed E-state index contributed by atoms with van der Waals surface area (Å²) in [4.78, 5) is 34.9. The van der Waals surface area contributed by atoms with Crippen LogP contribution in [0.5, 0.6) is 5.75 Å². The summed E-state index contributed by atoms with van der Waals surface area (Å²) in [6, 6.07) is 7.61. The molecule has 0 aliphatic carbocycles. The molecule has 0 aromatic heterocycles. The van der Waals surface area contributed by atoms with Gasteiger partial charge in [-0.3, -0.25) is 14.4 Å². The molecule has 1 amide bonds. The second-order valence-corrected chi connectivity index (χ2v) is 10.4. The van der Waals surface area contributed by atoms with Crippen molar-refractivity contribution in [3.05, 3.63) is 29.8 Å². The highest BCUT2D eigenvalue weighted by Crippen LogP contribution is 2.20. The molecule has 2 N–H and O–H groups in total. The van der Waals surface area contributed by atoms with Gasteiger partial charge in [-0.2, -0.15) is 0 Å². The standard InChI is InChI=1S/C31H51NO6/c1-3-5-6-7-8-9-10-11-12-13-14-15-16-17-27(4-2)38-28-21-18-26(19-22-28)20-23-29(33)32(24-30(34)35)25-31(36)37/h18-19,21-22,27H,3-17,20,23-25H2,1-2H3,(H,34,35)(H,36,37). The summed E-state index contributed by atoms with van der Waals surface area (Å²) in [6.45, 7) is 3.18. The average Bonchev–Trinajstić information content (AvgIpc) is 2.89. The van der Waals surface area contributed by atoms with Crippen molar-refractivity contribution in [2.24, 2.45) is 0 Å². The number of unbranched alkanes of at least 4 members (excludes halogenated alkanes) is 12. The van der Waals surface area contributed by atoms with Crippen molar-refractivity contribution in [2.45, 2.75) is 129 Å². The highest BCUT2D eigenvalue weighted by atomic mass is 16.5. The van der Waals surface area contributed by atoms with Crippen LogP contribution in [-0.4, -0.2) is 52.2 Å². The molecule has 0 saturated carbocycles. The molecule has 0 radical (unpaired) electrons. The molecular formula is C31H51NO6. The van der Waals surface area contributed by atoms with Crippen molar-refractivity contribution in [1.82, 2.24) is 4.90 Å². The van der Waals surface area contributed by atoms with Gasteiger partial charge in [0, 0.05) is 6.42 Å². The lowest BCUT2D eigenvalue weighted by Crippen LogP contribution is -2.39. The van der Waals surface area contributed by atoms with Crippen molar-refractivity contribution in [3.63, 3.8) is 0 Å². The van der Waals surface area contributed by atoms with Crippen molar-refractivity contribution in [1.29, 1.82) is 0 Å². The highest BCUT2D eigenvalue weighted by Gasteiger charge is 2.19. The number of aryl methyl sites for hydroxylation is 1. The fraction of sp³-hybridized carbons (Fsp3) is 0.710. The molecule has 1 aromatic rings. The summed E-state index contributed by atoms with van der Waals surface area (Å²) in [5.74, 6) is -2.14. The Bertz CT molecular complexity index is 763. The van der Waals surface area contributed by atoms with Crippen LogP contribution >= 0.6 is 0 Å². The van der Waals surface area contributed by atoms with E-state index in [0.29, 0.717) is 6.42 Å². The third-order valence-corrected chi connectivity index (χ3v) is 6.94. The molecule has 0 saturated heterocycles. The van der Waals surface area contributed by atoms with Crippen molar-refractivity contribution in [2.75, 3.05) is 13.1 Å². The van der Waals surface area contributed by atoms with E-state index >= 15 is 0 Å². The fourth-order valence-corrected chi connectivity index (χ4v) is 4.63. The van der Waals surface area contributed by atoms with Crippen LogP contribution in [0.15, 0.2) is 24.3 Å². The topological polar surface area (TPSA) is 104 Å². The number of hydrogen-bond acceptors (Lipinski definition) is 4. The zero-order valence-electron chi connectivity index (χ0n) is 23.8. The van der Waals surface area contributed by atoms with E-state index in [1.807, 2.05) is 24.3 Å². The van der Waals surface area contributed by atoms with Gasteiger partial charge in [0.25, 0.3) is 0 Å². The van der Waals surface area contributed by atoms with Crippen LogP contribution < -0.4 is 4.74 Å². The SMILES string of the molecule is CCCCCCCCCCCCCCCC(CC)Oc1ccc(CCC(=O)N(CC(=O)O)CC(=O)O)cc1. The molecule has 0 bridgehead atoms. The van der Waals surface area contributed by atoms with Crippen molar-refractivity contribution < 1.29 is 29.3 Å². The summed E-state index contributed by atoms with van der Waals surface area (Å²) in [5.41, 5.74) is 0.917. The van der Waals surface area contributed by atoms with E-state index in [4.69, 9.17) is 14.9 Å². The molecular weight excluding hydrogens is 482 g/mol. The molecule has 0 heterocycles. The fourth-order valence-electron chi connectivity index (χ4n) is 4.63. The van der Waals surface area contributed by atoms with E-state index in [1.165, 1.54) is 83.5 Å². The van der Waals surface area contributed by atoms with E-state index in [1.54, 1.807) is 0 Å². The van der Waals surface area contributed by atoms with Gasteiger partial charge in [0.1, 0.15) is 18.8 Å². The maximum Gasteiger partial charge on any atom is 0.323 e. The Hall–Kier alpha value is -2.57. The lowest BCUT2D eigenvalue weighted by molar-refractivity contribution is -0.149. The smallest absolute Gasteiger partial charge is 0.323 e. The van der Waals surface area contributed by atoms with E-state index < -0.39 is 30.9 Å². The number of hydrogen-bond donors (Lipinski definition) is 2. The van der Waals surface area contributed by atoms with Gasteiger partial charge in [0.2, 0.25) is 5.91 Å². The van der Waals surface area contributed by atoms with Gasteiger partial charge in [-0.1, -0.05) is 103 Å². The summed E-state index contributed by atoms with van der Waals surface area (Å²) < 4.78 is 6.17. The summed E-state index contributed by atoms with van der Waals surface area (Å²) >= 11 is 0. The minimum atomic E-state index is -1.23. The van der Waals surface area contributed by atoms with Crippen LogP contribution in [0.4, 0.5) is 0 Å². The Labute approximate surface area is 230 Å². The molecule has 1 rings (SSSR count). The minimum Gasteiger partial charge on any atom is -0.490 e.